The molecule has 0 radical (unpaired) electrons. The molecule has 4 heteroatoms. The van der Waals surface area contributed by atoms with Crippen molar-refractivity contribution in [1.82, 2.24) is 4.90 Å². The standard InChI is InChI=1S/C10H19NO3/c1-14-10(13)11-7-4-2-3-5-9(11)6-8-12/h9,12H,2-8H2,1H3. The molecule has 82 valence electrons. The largest absolute Gasteiger partial charge is 0.453 e. The van der Waals surface area contributed by atoms with Gasteiger partial charge in [-0.05, 0) is 19.3 Å². The highest BCUT2D eigenvalue weighted by atomic mass is 16.5. The van der Waals surface area contributed by atoms with E-state index in [-0.39, 0.29) is 18.7 Å². The molecule has 0 aliphatic carbocycles. The van der Waals surface area contributed by atoms with Crippen LogP contribution in [0, 0.1) is 0 Å². The van der Waals surface area contributed by atoms with Crippen molar-refractivity contribution in [3.8, 4) is 0 Å². The molecule has 1 heterocycles. The third-order valence-corrected chi connectivity index (χ3v) is 2.75. The van der Waals surface area contributed by atoms with Crippen molar-refractivity contribution in [2.75, 3.05) is 20.3 Å². The van der Waals surface area contributed by atoms with E-state index in [4.69, 9.17) is 9.84 Å². The molecule has 14 heavy (non-hydrogen) atoms. The average molecular weight is 201 g/mol. The fourth-order valence-corrected chi connectivity index (χ4v) is 1.98. The molecule has 0 aromatic rings. The Labute approximate surface area is 84.8 Å². The second kappa shape index (κ2) is 5.86. The van der Waals surface area contributed by atoms with Gasteiger partial charge in [-0.1, -0.05) is 12.8 Å². The minimum atomic E-state index is -0.259. The van der Waals surface area contributed by atoms with Crippen molar-refractivity contribution in [3.05, 3.63) is 0 Å². The summed E-state index contributed by atoms with van der Waals surface area (Å²) in [6, 6.07) is 0.162. The normalized spacial score (nSPS) is 23.0. The average Bonchev–Trinajstić information content (AvgIpc) is 2.43. The van der Waals surface area contributed by atoms with Gasteiger partial charge in [0.1, 0.15) is 0 Å². The first-order valence-corrected chi connectivity index (χ1v) is 5.25. The summed E-state index contributed by atoms with van der Waals surface area (Å²) in [7, 11) is 1.41. The molecule has 0 bridgehead atoms. The second-order valence-corrected chi connectivity index (χ2v) is 3.68. The first-order valence-electron chi connectivity index (χ1n) is 5.25. The van der Waals surface area contributed by atoms with Crippen LogP contribution < -0.4 is 0 Å². The molecule has 1 saturated heterocycles. The van der Waals surface area contributed by atoms with Crippen molar-refractivity contribution in [3.63, 3.8) is 0 Å². The number of amides is 1. The zero-order valence-electron chi connectivity index (χ0n) is 8.74. The summed E-state index contributed by atoms with van der Waals surface area (Å²) in [6.45, 7) is 0.898. The molecule has 1 atom stereocenters. The minimum absolute atomic E-state index is 0.137. The number of rotatable bonds is 2. The number of hydrogen-bond donors (Lipinski definition) is 1. The van der Waals surface area contributed by atoms with E-state index in [1.807, 2.05) is 0 Å². The summed E-state index contributed by atoms with van der Waals surface area (Å²) < 4.78 is 4.73. The Bertz CT molecular complexity index is 184. The summed E-state index contributed by atoms with van der Waals surface area (Å²) in [5.41, 5.74) is 0. The minimum Gasteiger partial charge on any atom is -0.453 e. The number of likely N-dealkylation sites (tertiary alicyclic amines) is 1. The van der Waals surface area contributed by atoms with Gasteiger partial charge in [-0.3, -0.25) is 0 Å². The molecule has 0 aromatic heterocycles. The number of aliphatic hydroxyl groups excluding tert-OH is 1. The molecule has 0 spiro atoms. The summed E-state index contributed by atoms with van der Waals surface area (Å²) in [5.74, 6) is 0. The van der Waals surface area contributed by atoms with E-state index in [0.717, 1.165) is 32.2 Å². The molecule has 1 rings (SSSR count). The molecule has 1 N–H and O–H groups in total. The highest BCUT2D eigenvalue weighted by Crippen LogP contribution is 2.19. The number of hydrogen-bond acceptors (Lipinski definition) is 3. The van der Waals surface area contributed by atoms with Gasteiger partial charge in [-0.25, -0.2) is 4.79 Å². The third-order valence-electron chi connectivity index (χ3n) is 2.75. The highest BCUT2D eigenvalue weighted by molar-refractivity contribution is 5.67. The first-order chi connectivity index (χ1) is 6.79. The maximum atomic E-state index is 11.4. The second-order valence-electron chi connectivity index (χ2n) is 3.68. The zero-order valence-corrected chi connectivity index (χ0v) is 8.74. The zero-order chi connectivity index (χ0) is 10.4. The Morgan fingerprint density at radius 3 is 2.93 bits per heavy atom. The molecule has 1 amide bonds. The number of nitrogens with zero attached hydrogens (tertiary/aromatic N) is 1. The summed E-state index contributed by atoms with van der Waals surface area (Å²) in [5, 5.41) is 8.90. The molecular formula is C10H19NO3. The predicted octanol–water partition coefficient (Wildman–Crippen LogP) is 1.38. The van der Waals surface area contributed by atoms with Crippen LogP contribution in [0.5, 0.6) is 0 Å². The van der Waals surface area contributed by atoms with Crippen LogP contribution in [0.25, 0.3) is 0 Å². The van der Waals surface area contributed by atoms with E-state index in [2.05, 4.69) is 0 Å². The maximum absolute atomic E-state index is 11.4. The van der Waals surface area contributed by atoms with Crippen LogP contribution in [-0.2, 0) is 4.74 Å². The van der Waals surface area contributed by atoms with Crippen LogP contribution in [0.3, 0.4) is 0 Å². The monoisotopic (exact) mass is 201 g/mol. The van der Waals surface area contributed by atoms with E-state index in [0.29, 0.717) is 6.42 Å². The molecule has 1 fully saturated rings. The van der Waals surface area contributed by atoms with Crippen molar-refractivity contribution in [1.29, 1.82) is 0 Å². The molecular weight excluding hydrogens is 182 g/mol. The van der Waals surface area contributed by atoms with Gasteiger partial charge in [0.05, 0.1) is 7.11 Å². The lowest BCUT2D eigenvalue weighted by molar-refractivity contribution is 0.0975. The number of methoxy groups -OCH3 is 1. The Morgan fingerprint density at radius 2 is 2.29 bits per heavy atom. The van der Waals surface area contributed by atoms with Gasteiger partial charge < -0.3 is 14.7 Å². The van der Waals surface area contributed by atoms with Gasteiger partial charge in [0.15, 0.2) is 0 Å². The Morgan fingerprint density at radius 1 is 1.50 bits per heavy atom. The summed E-state index contributed by atoms with van der Waals surface area (Å²) >= 11 is 0. The lowest BCUT2D eigenvalue weighted by Gasteiger charge is -2.28. The third kappa shape index (κ3) is 2.87. The highest BCUT2D eigenvalue weighted by Gasteiger charge is 2.25. The van der Waals surface area contributed by atoms with Gasteiger partial charge in [-0.15, -0.1) is 0 Å². The van der Waals surface area contributed by atoms with Crippen molar-refractivity contribution in [2.45, 2.75) is 38.1 Å². The van der Waals surface area contributed by atoms with Crippen LogP contribution in [0.15, 0.2) is 0 Å². The van der Waals surface area contributed by atoms with Crippen LogP contribution in [0.2, 0.25) is 0 Å². The van der Waals surface area contributed by atoms with Gasteiger partial charge in [0.2, 0.25) is 0 Å². The van der Waals surface area contributed by atoms with Gasteiger partial charge in [0, 0.05) is 19.2 Å². The van der Waals surface area contributed by atoms with Crippen molar-refractivity contribution >= 4 is 6.09 Å². The number of carbonyl (C=O) groups excluding carboxylic acids is 1. The fourth-order valence-electron chi connectivity index (χ4n) is 1.98. The van der Waals surface area contributed by atoms with Crippen LogP contribution >= 0.6 is 0 Å². The fraction of sp³-hybridized carbons (Fsp3) is 0.900. The molecule has 1 aliphatic rings. The Hall–Kier alpha value is -0.770. The number of carbonyl (C=O) groups is 1. The smallest absolute Gasteiger partial charge is 0.409 e. The van der Waals surface area contributed by atoms with E-state index in [1.54, 1.807) is 4.90 Å². The van der Waals surface area contributed by atoms with E-state index >= 15 is 0 Å². The van der Waals surface area contributed by atoms with Gasteiger partial charge in [0.25, 0.3) is 0 Å². The molecule has 0 saturated carbocycles. The molecule has 1 aliphatic heterocycles. The summed E-state index contributed by atoms with van der Waals surface area (Å²) in [6.07, 6.45) is 4.72. The van der Waals surface area contributed by atoms with E-state index in [1.165, 1.54) is 7.11 Å². The number of ether oxygens (including phenoxy) is 1. The molecule has 0 aromatic carbocycles. The van der Waals surface area contributed by atoms with Crippen LogP contribution in [-0.4, -0.2) is 42.4 Å². The SMILES string of the molecule is COC(=O)N1CCCCCC1CCO. The topological polar surface area (TPSA) is 49.8 Å². The van der Waals surface area contributed by atoms with Crippen molar-refractivity contribution < 1.29 is 14.6 Å². The van der Waals surface area contributed by atoms with Crippen LogP contribution in [0.1, 0.15) is 32.1 Å². The Balaban J connectivity index is 2.58. The lowest BCUT2D eigenvalue weighted by Crippen LogP contribution is -2.40. The van der Waals surface area contributed by atoms with Gasteiger partial charge in [-0.2, -0.15) is 0 Å². The molecule has 4 nitrogen and oxygen atoms in total. The Kier molecular flexibility index (Phi) is 4.73. The first kappa shape index (κ1) is 11.3. The van der Waals surface area contributed by atoms with Gasteiger partial charge >= 0.3 is 6.09 Å². The quantitative estimate of drug-likeness (QED) is 0.734. The predicted molar refractivity (Wildman–Crippen MR) is 53.1 cm³/mol. The summed E-state index contributed by atoms with van der Waals surface area (Å²) in [4.78, 5) is 13.2. The van der Waals surface area contributed by atoms with E-state index < -0.39 is 0 Å². The van der Waals surface area contributed by atoms with Crippen molar-refractivity contribution in [2.24, 2.45) is 0 Å². The maximum Gasteiger partial charge on any atom is 0.409 e. The molecule has 1 unspecified atom stereocenters. The van der Waals surface area contributed by atoms with Crippen LogP contribution in [0.4, 0.5) is 4.79 Å². The van der Waals surface area contributed by atoms with E-state index in [9.17, 15) is 4.79 Å². The number of aliphatic hydroxyl groups is 1. The lowest BCUT2D eigenvalue weighted by atomic mass is 10.1.